The molecule has 1 aromatic rings. The predicted molar refractivity (Wildman–Crippen MR) is 64.6 cm³/mol. The van der Waals surface area contributed by atoms with Crippen molar-refractivity contribution in [3.63, 3.8) is 0 Å². The fourth-order valence-electron chi connectivity index (χ4n) is 1.21. The maximum Gasteiger partial charge on any atom is 0.574 e. The Morgan fingerprint density at radius 1 is 1.29 bits per heavy atom. The minimum absolute atomic E-state index is 0.118. The molecular formula is C10H6F6INO3. The van der Waals surface area contributed by atoms with Gasteiger partial charge in [-0.15, -0.1) is 13.2 Å². The van der Waals surface area contributed by atoms with E-state index in [9.17, 15) is 31.1 Å². The van der Waals surface area contributed by atoms with Crippen LogP contribution < -0.4 is 4.74 Å². The Hall–Kier alpha value is -1.27. The van der Waals surface area contributed by atoms with Crippen molar-refractivity contribution in [3.05, 3.63) is 20.9 Å². The molecule has 0 aliphatic rings. The van der Waals surface area contributed by atoms with Crippen LogP contribution in [0.1, 0.15) is 23.0 Å². The lowest BCUT2D eigenvalue weighted by Crippen LogP contribution is -2.23. The lowest BCUT2D eigenvalue weighted by molar-refractivity contribution is -0.277. The maximum absolute atomic E-state index is 12.7. The van der Waals surface area contributed by atoms with E-state index in [-0.39, 0.29) is 10.2 Å². The Labute approximate surface area is 127 Å². The molecule has 21 heavy (non-hydrogen) atoms. The van der Waals surface area contributed by atoms with Gasteiger partial charge in [0.2, 0.25) is 5.88 Å². The summed E-state index contributed by atoms with van der Waals surface area (Å²) in [5, 5.41) is 0. The zero-order valence-corrected chi connectivity index (χ0v) is 12.3. The molecule has 1 rings (SSSR count). The number of esters is 1. The van der Waals surface area contributed by atoms with Crippen LogP contribution >= 0.6 is 22.6 Å². The Morgan fingerprint density at radius 3 is 2.29 bits per heavy atom. The highest BCUT2D eigenvalue weighted by atomic mass is 127. The molecule has 0 fully saturated rings. The summed E-state index contributed by atoms with van der Waals surface area (Å²) in [6.07, 6.45) is -10.5. The normalized spacial score (nSPS) is 12.2. The van der Waals surface area contributed by atoms with E-state index in [0.29, 0.717) is 6.07 Å². The topological polar surface area (TPSA) is 48.4 Å². The first-order valence-corrected chi connectivity index (χ1v) is 6.24. The van der Waals surface area contributed by atoms with Crippen LogP contribution in [0.4, 0.5) is 26.3 Å². The first-order chi connectivity index (χ1) is 9.45. The Bertz CT molecular complexity index is 543. The number of pyridine rings is 1. The van der Waals surface area contributed by atoms with E-state index >= 15 is 0 Å². The van der Waals surface area contributed by atoms with Crippen molar-refractivity contribution in [3.8, 4) is 5.88 Å². The fourth-order valence-corrected chi connectivity index (χ4v) is 1.86. The van der Waals surface area contributed by atoms with Crippen LogP contribution in [0, 0.1) is 3.57 Å². The zero-order chi connectivity index (χ0) is 16.4. The van der Waals surface area contributed by atoms with Gasteiger partial charge in [-0.2, -0.15) is 13.2 Å². The van der Waals surface area contributed by atoms with E-state index in [4.69, 9.17) is 0 Å². The number of carbonyl (C=O) groups excluding carboxylic acids is 1. The molecule has 1 aromatic heterocycles. The highest BCUT2D eigenvalue weighted by Gasteiger charge is 2.41. The number of ether oxygens (including phenoxy) is 2. The van der Waals surface area contributed by atoms with Gasteiger partial charge in [-0.25, -0.2) is 9.78 Å². The molecule has 4 nitrogen and oxygen atoms in total. The molecule has 0 unspecified atom stereocenters. The smallest absolute Gasteiger partial charge is 0.461 e. The summed E-state index contributed by atoms with van der Waals surface area (Å²) in [5.74, 6) is -2.90. The van der Waals surface area contributed by atoms with E-state index in [1.807, 2.05) is 0 Å². The van der Waals surface area contributed by atoms with Crippen LogP contribution in [0.2, 0.25) is 0 Å². The number of carbonyl (C=O) groups is 1. The van der Waals surface area contributed by atoms with E-state index in [0.717, 1.165) is 0 Å². The quantitative estimate of drug-likeness (QED) is 0.417. The van der Waals surface area contributed by atoms with Gasteiger partial charge in [0.05, 0.1) is 6.61 Å². The first-order valence-electron chi connectivity index (χ1n) is 5.16. The largest absolute Gasteiger partial charge is 0.574 e. The van der Waals surface area contributed by atoms with Crippen LogP contribution in [0.3, 0.4) is 0 Å². The number of halogens is 7. The number of rotatable bonds is 3. The fraction of sp³-hybridized carbons (Fsp3) is 0.400. The van der Waals surface area contributed by atoms with Gasteiger partial charge in [0.15, 0.2) is 5.69 Å². The SMILES string of the molecule is CCOC(=O)c1nc(OC(F)(F)F)c(C(F)(F)F)cc1I. The summed E-state index contributed by atoms with van der Waals surface area (Å²) >= 11 is 1.33. The van der Waals surface area contributed by atoms with Crippen molar-refractivity contribution in [2.45, 2.75) is 19.5 Å². The second-order valence-corrected chi connectivity index (χ2v) is 4.60. The molecule has 0 N–H and O–H groups in total. The van der Waals surface area contributed by atoms with Gasteiger partial charge in [0, 0.05) is 3.57 Å². The second kappa shape index (κ2) is 6.23. The Kier molecular flexibility index (Phi) is 5.28. The summed E-state index contributed by atoms with van der Waals surface area (Å²) in [4.78, 5) is 14.4. The average molecular weight is 429 g/mol. The van der Waals surface area contributed by atoms with E-state index in [2.05, 4.69) is 14.5 Å². The van der Waals surface area contributed by atoms with Crippen LogP contribution in [0.5, 0.6) is 5.88 Å². The number of aromatic nitrogens is 1. The lowest BCUT2D eigenvalue weighted by atomic mass is 10.2. The molecular weight excluding hydrogens is 423 g/mol. The van der Waals surface area contributed by atoms with Gasteiger partial charge < -0.3 is 9.47 Å². The van der Waals surface area contributed by atoms with Gasteiger partial charge >= 0.3 is 18.5 Å². The third kappa shape index (κ3) is 4.89. The Morgan fingerprint density at radius 2 is 1.86 bits per heavy atom. The predicted octanol–water partition coefficient (Wildman–Crippen LogP) is 3.78. The summed E-state index contributed by atoms with van der Waals surface area (Å²) in [6.45, 7) is 1.30. The molecule has 0 aliphatic carbocycles. The van der Waals surface area contributed by atoms with Crippen molar-refractivity contribution >= 4 is 28.6 Å². The number of hydrogen-bond acceptors (Lipinski definition) is 4. The minimum atomic E-state index is -5.38. The van der Waals surface area contributed by atoms with Crippen LogP contribution in [-0.4, -0.2) is 23.9 Å². The summed E-state index contributed by atoms with van der Waals surface area (Å²) in [7, 11) is 0. The second-order valence-electron chi connectivity index (χ2n) is 3.44. The third-order valence-corrected chi connectivity index (χ3v) is 2.75. The molecule has 0 spiro atoms. The van der Waals surface area contributed by atoms with Gasteiger partial charge in [-0.05, 0) is 35.6 Å². The average Bonchev–Trinajstić information content (AvgIpc) is 2.28. The molecule has 0 amide bonds. The molecule has 0 aliphatic heterocycles. The molecule has 0 atom stereocenters. The van der Waals surface area contributed by atoms with Gasteiger partial charge in [0.1, 0.15) is 5.56 Å². The van der Waals surface area contributed by atoms with Crippen molar-refractivity contribution in [2.24, 2.45) is 0 Å². The first kappa shape index (κ1) is 17.8. The number of hydrogen-bond donors (Lipinski definition) is 0. The molecule has 118 valence electrons. The monoisotopic (exact) mass is 429 g/mol. The highest BCUT2D eigenvalue weighted by molar-refractivity contribution is 14.1. The molecule has 0 bridgehead atoms. The van der Waals surface area contributed by atoms with Gasteiger partial charge in [-0.1, -0.05) is 0 Å². The molecule has 0 saturated carbocycles. The summed E-state index contributed by atoms with van der Waals surface area (Å²) in [6, 6.07) is 0.334. The van der Waals surface area contributed by atoms with Crippen molar-refractivity contribution in [2.75, 3.05) is 6.61 Å². The maximum atomic E-state index is 12.7. The lowest BCUT2D eigenvalue weighted by Gasteiger charge is -2.16. The summed E-state index contributed by atoms with van der Waals surface area (Å²) in [5.41, 5.74) is -2.43. The van der Waals surface area contributed by atoms with E-state index < -0.39 is 35.6 Å². The molecule has 0 aromatic carbocycles. The molecule has 1 heterocycles. The Balaban J connectivity index is 3.41. The molecule has 11 heteroatoms. The van der Waals surface area contributed by atoms with Gasteiger partial charge in [-0.3, -0.25) is 0 Å². The van der Waals surface area contributed by atoms with Crippen molar-refractivity contribution in [1.82, 2.24) is 4.98 Å². The number of alkyl halides is 6. The summed E-state index contributed by atoms with van der Waals surface area (Å²) < 4.78 is 81.9. The minimum Gasteiger partial charge on any atom is -0.461 e. The van der Waals surface area contributed by atoms with Crippen molar-refractivity contribution in [1.29, 1.82) is 0 Å². The van der Waals surface area contributed by atoms with Crippen molar-refractivity contribution < 1.29 is 40.6 Å². The molecule has 0 radical (unpaired) electrons. The molecule has 0 saturated heterocycles. The highest BCUT2D eigenvalue weighted by Crippen LogP contribution is 2.38. The number of nitrogens with zero attached hydrogens (tertiary/aromatic N) is 1. The standard InChI is InChI=1S/C10H6F6INO3/c1-2-20-8(19)6-5(17)3-4(9(11,12)13)7(18-6)21-10(14,15)16/h3H,2H2,1H3. The van der Waals surface area contributed by atoms with Crippen LogP contribution in [0.25, 0.3) is 0 Å². The van der Waals surface area contributed by atoms with Gasteiger partial charge in [0.25, 0.3) is 0 Å². The third-order valence-electron chi connectivity index (χ3n) is 1.93. The van der Waals surface area contributed by atoms with Crippen LogP contribution in [-0.2, 0) is 10.9 Å². The van der Waals surface area contributed by atoms with Crippen LogP contribution in [0.15, 0.2) is 6.07 Å². The van der Waals surface area contributed by atoms with E-state index in [1.54, 1.807) is 0 Å². The zero-order valence-electron chi connectivity index (χ0n) is 10.1. The van der Waals surface area contributed by atoms with E-state index in [1.165, 1.54) is 29.5 Å².